The molecule has 180 valence electrons. The lowest BCUT2D eigenvalue weighted by atomic mass is 10.1. The minimum absolute atomic E-state index is 0.0302. The summed E-state index contributed by atoms with van der Waals surface area (Å²) in [4.78, 5) is 27.3. The highest BCUT2D eigenvalue weighted by molar-refractivity contribution is 7.90. The second-order valence-corrected chi connectivity index (χ2v) is 9.87. The number of hydrogen-bond acceptors (Lipinski definition) is 4. The first-order chi connectivity index (χ1) is 15.5. The summed E-state index contributed by atoms with van der Waals surface area (Å²) in [6, 6.07) is 11.2. The zero-order valence-corrected chi connectivity index (χ0v) is 20.5. The van der Waals surface area contributed by atoms with Gasteiger partial charge in [-0.15, -0.1) is 0 Å². The van der Waals surface area contributed by atoms with Gasteiger partial charge < -0.3 is 10.2 Å². The molecular weight excluding hydrogens is 471 g/mol. The molecule has 0 saturated carbocycles. The number of anilines is 1. The summed E-state index contributed by atoms with van der Waals surface area (Å²) in [5.74, 6) is -1.89. The number of benzene rings is 2. The van der Waals surface area contributed by atoms with Crippen molar-refractivity contribution in [2.24, 2.45) is 0 Å². The van der Waals surface area contributed by atoms with Crippen molar-refractivity contribution >= 4 is 39.3 Å². The molecule has 0 aromatic heterocycles. The number of likely N-dealkylation sites (N-methyl/N-ethyl adjacent to an activating group) is 1. The van der Waals surface area contributed by atoms with Gasteiger partial charge in [-0.05, 0) is 30.2 Å². The van der Waals surface area contributed by atoms with Crippen LogP contribution < -0.4 is 9.62 Å². The maximum atomic E-state index is 14.6. The number of amides is 2. The summed E-state index contributed by atoms with van der Waals surface area (Å²) >= 11 is 6.27. The molecule has 2 aromatic carbocycles. The lowest BCUT2D eigenvalue weighted by Gasteiger charge is -2.33. The number of nitrogens with one attached hydrogen (secondary N) is 1. The molecule has 0 spiro atoms. The van der Waals surface area contributed by atoms with Crippen LogP contribution in [-0.4, -0.2) is 63.2 Å². The van der Waals surface area contributed by atoms with E-state index in [1.54, 1.807) is 31.2 Å². The van der Waals surface area contributed by atoms with Crippen LogP contribution in [0.3, 0.4) is 0 Å². The van der Waals surface area contributed by atoms with E-state index in [2.05, 4.69) is 5.32 Å². The minimum Gasteiger partial charge on any atom is -0.357 e. The van der Waals surface area contributed by atoms with Gasteiger partial charge in [0.05, 0.1) is 5.69 Å². The van der Waals surface area contributed by atoms with Crippen molar-refractivity contribution < 1.29 is 22.4 Å². The summed E-state index contributed by atoms with van der Waals surface area (Å²) in [6.45, 7) is 0.995. The Kier molecular flexibility index (Phi) is 9.21. The van der Waals surface area contributed by atoms with Crippen molar-refractivity contribution in [2.75, 3.05) is 32.0 Å². The van der Waals surface area contributed by atoms with Gasteiger partial charge in [0.1, 0.15) is 18.4 Å². The fourth-order valence-corrected chi connectivity index (χ4v) is 4.51. The highest BCUT2D eigenvalue weighted by Gasteiger charge is 2.34. The molecule has 0 aliphatic rings. The molecule has 0 aliphatic heterocycles. The van der Waals surface area contributed by atoms with Gasteiger partial charge in [0.25, 0.3) is 0 Å². The predicted octanol–water partition coefficient (Wildman–Crippen LogP) is 2.65. The van der Waals surface area contributed by atoms with Crippen molar-refractivity contribution in [2.45, 2.75) is 25.9 Å². The van der Waals surface area contributed by atoms with Crippen LogP contribution in [0.1, 0.15) is 18.9 Å². The van der Waals surface area contributed by atoms with Crippen LogP contribution in [0.15, 0.2) is 48.5 Å². The van der Waals surface area contributed by atoms with Crippen molar-refractivity contribution in [1.82, 2.24) is 14.5 Å². The molecule has 0 radical (unpaired) electrons. The molecule has 2 rings (SSSR count). The molecule has 0 heterocycles. The molecule has 0 saturated heterocycles. The van der Waals surface area contributed by atoms with Crippen LogP contribution in [0, 0.1) is 5.82 Å². The second-order valence-electron chi connectivity index (χ2n) is 7.40. The Labute approximate surface area is 199 Å². The van der Waals surface area contributed by atoms with Gasteiger partial charge in [-0.25, -0.2) is 8.70 Å². The van der Waals surface area contributed by atoms with E-state index in [1.807, 2.05) is 0 Å². The first-order valence-corrected chi connectivity index (χ1v) is 12.0. The van der Waals surface area contributed by atoms with Crippen LogP contribution in [0.5, 0.6) is 0 Å². The van der Waals surface area contributed by atoms with E-state index in [9.17, 15) is 22.4 Å². The van der Waals surface area contributed by atoms with Gasteiger partial charge in [0, 0.05) is 32.7 Å². The quantitative estimate of drug-likeness (QED) is 0.545. The van der Waals surface area contributed by atoms with E-state index in [-0.39, 0.29) is 18.7 Å². The zero-order chi connectivity index (χ0) is 24.8. The van der Waals surface area contributed by atoms with E-state index >= 15 is 0 Å². The Bertz CT molecular complexity index is 1100. The normalized spacial score (nSPS) is 12.3. The van der Waals surface area contributed by atoms with Crippen molar-refractivity contribution in [1.29, 1.82) is 0 Å². The van der Waals surface area contributed by atoms with Crippen molar-refractivity contribution in [3.8, 4) is 0 Å². The minimum atomic E-state index is -4.23. The van der Waals surface area contributed by atoms with Gasteiger partial charge >= 0.3 is 10.2 Å². The van der Waals surface area contributed by atoms with Crippen molar-refractivity contribution in [3.63, 3.8) is 0 Å². The Hall–Kier alpha value is -2.69. The second kappa shape index (κ2) is 11.4. The summed E-state index contributed by atoms with van der Waals surface area (Å²) < 4.78 is 42.1. The molecule has 1 atom stereocenters. The fourth-order valence-electron chi connectivity index (χ4n) is 3.25. The number of carbonyl (C=O) groups excluding carboxylic acids is 2. The molecular formula is C22H28ClFN4O4S. The van der Waals surface area contributed by atoms with Crippen LogP contribution in [0.25, 0.3) is 0 Å². The van der Waals surface area contributed by atoms with E-state index in [0.717, 1.165) is 10.4 Å². The number of carbonyl (C=O) groups is 2. The smallest absolute Gasteiger partial charge is 0.304 e. The molecule has 0 bridgehead atoms. The molecule has 11 heteroatoms. The first-order valence-electron chi connectivity index (χ1n) is 10.2. The third-order valence-corrected chi connectivity index (χ3v) is 7.25. The maximum Gasteiger partial charge on any atom is 0.304 e. The van der Waals surface area contributed by atoms with Gasteiger partial charge in [0.15, 0.2) is 0 Å². The van der Waals surface area contributed by atoms with E-state index in [1.165, 1.54) is 44.2 Å². The molecule has 0 unspecified atom stereocenters. The Balaban J connectivity index is 2.53. The topological polar surface area (TPSA) is 90.0 Å². The molecule has 0 fully saturated rings. The summed E-state index contributed by atoms with van der Waals surface area (Å²) in [5.41, 5.74) is 0.313. The van der Waals surface area contributed by atoms with Crippen LogP contribution in [0.2, 0.25) is 5.02 Å². The molecule has 8 nitrogen and oxygen atoms in total. The number of rotatable bonds is 10. The number of nitrogens with zero attached hydrogens (tertiary/aromatic N) is 3. The average Bonchev–Trinajstić information content (AvgIpc) is 2.78. The fraction of sp³-hybridized carbons (Fsp3) is 0.364. The zero-order valence-electron chi connectivity index (χ0n) is 19.0. The van der Waals surface area contributed by atoms with Crippen molar-refractivity contribution in [3.05, 3.63) is 64.9 Å². The van der Waals surface area contributed by atoms with Crippen LogP contribution in [-0.2, 0) is 26.3 Å². The third kappa shape index (κ3) is 6.21. The maximum absolute atomic E-state index is 14.6. The monoisotopic (exact) mass is 498 g/mol. The standard InChI is InChI=1S/C22H28ClFN4O4S/c1-5-19(22(30)25-2)27(14-16-10-6-7-11-17(16)23)21(29)15-28(33(31,32)26(3)4)20-13-9-8-12-18(20)24/h6-13,19H,5,14-15H2,1-4H3,(H,25,30)/t19-/m1/s1. The predicted molar refractivity (Wildman–Crippen MR) is 127 cm³/mol. The highest BCUT2D eigenvalue weighted by atomic mass is 35.5. The molecule has 2 amide bonds. The van der Waals surface area contributed by atoms with Gasteiger partial charge in [-0.1, -0.05) is 48.9 Å². The van der Waals surface area contributed by atoms with Gasteiger partial charge in [0.2, 0.25) is 11.8 Å². The molecule has 0 aliphatic carbocycles. The third-order valence-electron chi connectivity index (χ3n) is 5.07. The molecule has 2 aromatic rings. The highest BCUT2D eigenvalue weighted by Crippen LogP contribution is 2.25. The molecule has 1 N–H and O–H groups in total. The number of para-hydroxylation sites is 1. The Morgan fingerprint density at radius 3 is 2.24 bits per heavy atom. The Morgan fingerprint density at radius 1 is 1.09 bits per heavy atom. The van der Waals surface area contributed by atoms with Gasteiger partial charge in [-0.3, -0.25) is 9.59 Å². The van der Waals surface area contributed by atoms with E-state index in [0.29, 0.717) is 14.9 Å². The lowest BCUT2D eigenvalue weighted by Crippen LogP contribution is -2.53. The van der Waals surface area contributed by atoms with E-state index < -0.39 is 40.4 Å². The average molecular weight is 499 g/mol. The van der Waals surface area contributed by atoms with Gasteiger partial charge in [-0.2, -0.15) is 12.7 Å². The SMILES string of the molecule is CC[C@H](C(=O)NC)N(Cc1ccccc1Cl)C(=O)CN(c1ccccc1F)S(=O)(=O)N(C)C. The lowest BCUT2D eigenvalue weighted by molar-refractivity contribution is -0.140. The largest absolute Gasteiger partial charge is 0.357 e. The summed E-state index contributed by atoms with van der Waals surface area (Å²) in [5, 5.41) is 2.93. The van der Waals surface area contributed by atoms with Crippen LogP contribution in [0.4, 0.5) is 10.1 Å². The number of hydrogen-bond donors (Lipinski definition) is 1. The summed E-state index contributed by atoms with van der Waals surface area (Å²) in [7, 11) is -0.208. The van der Waals surface area contributed by atoms with E-state index in [4.69, 9.17) is 11.6 Å². The molecule has 33 heavy (non-hydrogen) atoms. The number of halogens is 2. The first kappa shape index (κ1) is 26.6. The summed E-state index contributed by atoms with van der Waals surface area (Å²) in [6.07, 6.45) is 0.274. The van der Waals surface area contributed by atoms with Crippen LogP contribution >= 0.6 is 11.6 Å². The Morgan fingerprint density at radius 2 is 1.70 bits per heavy atom.